The van der Waals surface area contributed by atoms with Crippen LogP contribution in [0.4, 0.5) is 4.79 Å². The number of nitrogens with one attached hydrogen (secondary N) is 1. The fraction of sp³-hybridized carbons (Fsp3) is 0.483. The number of imidazole rings is 1. The summed E-state index contributed by atoms with van der Waals surface area (Å²) in [5.74, 6) is 1.28. The largest absolute Gasteiger partial charge is 0.494 e. The molecule has 208 valence electrons. The molecule has 1 aliphatic rings. The third-order valence-corrected chi connectivity index (χ3v) is 7.25. The molecule has 39 heavy (non-hydrogen) atoms. The molecule has 10 nitrogen and oxygen atoms in total. The Labute approximate surface area is 230 Å². The van der Waals surface area contributed by atoms with Crippen LogP contribution in [-0.2, 0) is 0 Å². The van der Waals surface area contributed by atoms with Crippen LogP contribution in [0.2, 0.25) is 0 Å². The Balaban J connectivity index is 1.61. The van der Waals surface area contributed by atoms with E-state index < -0.39 is 0 Å². The lowest BCUT2D eigenvalue weighted by Gasteiger charge is -2.31. The predicted molar refractivity (Wildman–Crippen MR) is 151 cm³/mol. The Morgan fingerprint density at radius 1 is 1.31 bits per heavy atom. The average Bonchev–Trinajstić information content (AvgIpc) is 3.45. The van der Waals surface area contributed by atoms with Gasteiger partial charge in [-0.3, -0.25) is 4.98 Å². The van der Waals surface area contributed by atoms with Crippen molar-refractivity contribution in [2.75, 3.05) is 20.3 Å². The van der Waals surface area contributed by atoms with Gasteiger partial charge >= 0.3 is 6.03 Å². The highest BCUT2D eigenvalue weighted by Gasteiger charge is 2.39. The SMILES string of the molecule is C=CCCOc1nc(-c2cc([C@@H](C)N(CC)C(=O)NC(CC=C)CC3(C)CC3)ncc2OC)nn2ccnc12. The zero-order chi connectivity index (χ0) is 28.0. The number of fused-ring (bicyclic) bond motifs is 1. The summed E-state index contributed by atoms with van der Waals surface area (Å²) in [6.07, 6.45) is 13.5. The molecule has 0 spiro atoms. The van der Waals surface area contributed by atoms with Crippen molar-refractivity contribution in [3.8, 4) is 23.0 Å². The molecular weight excluding hydrogens is 494 g/mol. The number of pyridine rings is 1. The Morgan fingerprint density at radius 2 is 2.10 bits per heavy atom. The Kier molecular flexibility index (Phi) is 8.83. The summed E-state index contributed by atoms with van der Waals surface area (Å²) in [6, 6.07) is 1.50. The highest BCUT2D eigenvalue weighted by molar-refractivity contribution is 5.75. The van der Waals surface area contributed by atoms with Crippen LogP contribution < -0.4 is 14.8 Å². The van der Waals surface area contributed by atoms with Crippen LogP contribution in [0, 0.1) is 5.41 Å². The van der Waals surface area contributed by atoms with Gasteiger partial charge in [0.2, 0.25) is 5.65 Å². The molecule has 3 aromatic heterocycles. The topological polar surface area (TPSA) is 107 Å². The summed E-state index contributed by atoms with van der Waals surface area (Å²) in [6.45, 7) is 14.8. The van der Waals surface area contributed by atoms with E-state index in [0.717, 1.165) is 12.8 Å². The lowest BCUT2D eigenvalue weighted by atomic mass is 9.97. The number of amides is 2. The van der Waals surface area contributed by atoms with Crippen molar-refractivity contribution >= 4 is 11.7 Å². The fourth-order valence-electron chi connectivity index (χ4n) is 4.69. The second-order valence-electron chi connectivity index (χ2n) is 10.3. The third kappa shape index (κ3) is 6.55. The van der Waals surface area contributed by atoms with E-state index in [1.54, 1.807) is 41.2 Å². The van der Waals surface area contributed by atoms with Gasteiger partial charge in [0.15, 0.2) is 5.82 Å². The minimum absolute atomic E-state index is 0.0537. The van der Waals surface area contributed by atoms with Gasteiger partial charge in [-0.25, -0.2) is 14.3 Å². The number of rotatable bonds is 14. The molecule has 2 atom stereocenters. The first-order valence-electron chi connectivity index (χ1n) is 13.5. The summed E-state index contributed by atoms with van der Waals surface area (Å²) < 4.78 is 13.1. The number of carbonyl (C=O) groups is 1. The molecule has 4 rings (SSSR count). The summed E-state index contributed by atoms with van der Waals surface area (Å²) >= 11 is 0. The number of urea groups is 1. The highest BCUT2D eigenvalue weighted by atomic mass is 16.5. The lowest BCUT2D eigenvalue weighted by molar-refractivity contribution is 0.175. The molecule has 1 saturated carbocycles. The van der Waals surface area contributed by atoms with Gasteiger partial charge in [0.25, 0.3) is 5.88 Å². The molecule has 1 fully saturated rings. The van der Waals surface area contributed by atoms with E-state index in [2.05, 4.69) is 45.4 Å². The van der Waals surface area contributed by atoms with Crippen LogP contribution in [0.25, 0.3) is 17.0 Å². The second kappa shape index (κ2) is 12.3. The maximum Gasteiger partial charge on any atom is 0.318 e. The van der Waals surface area contributed by atoms with Crippen molar-refractivity contribution in [1.82, 2.24) is 34.8 Å². The molecular formula is C29H39N7O3. The van der Waals surface area contributed by atoms with Crippen LogP contribution in [0.1, 0.15) is 64.6 Å². The van der Waals surface area contributed by atoms with Gasteiger partial charge < -0.3 is 19.7 Å². The van der Waals surface area contributed by atoms with Crippen molar-refractivity contribution in [2.24, 2.45) is 5.41 Å². The molecule has 0 radical (unpaired) electrons. The minimum Gasteiger partial charge on any atom is -0.494 e. The van der Waals surface area contributed by atoms with E-state index in [0.29, 0.717) is 59.3 Å². The Morgan fingerprint density at radius 3 is 2.77 bits per heavy atom. The Bertz CT molecular complexity index is 1320. The molecule has 10 heteroatoms. The minimum atomic E-state index is -0.305. The smallest absolute Gasteiger partial charge is 0.318 e. The molecule has 1 N–H and O–H groups in total. The van der Waals surface area contributed by atoms with Crippen LogP contribution in [0.15, 0.2) is 50.0 Å². The molecule has 1 aliphatic carbocycles. The van der Waals surface area contributed by atoms with Gasteiger partial charge in [0.05, 0.1) is 37.2 Å². The van der Waals surface area contributed by atoms with Gasteiger partial charge in [-0.05, 0) is 57.4 Å². The maximum absolute atomic E-state index is 13.4. The van der Waals surface area contributed by atoms with E-state index >= 15 is 0 Å². The first kappa shape index (κ1) is 28.1. The van der Waals surface area contributed by atoms with Crippen molar-refractivity contribution < 1.29 is 14.3 Å². The molecule has 1 unspecified atom stereocenters. The maximum atomic E-state index is 13.4. The van der Waals surface area contributed by atoms with Gasteiger partial charge in [-0.2, -0.15) is 4.98 Å². The number of hydrogen-bond acceptors (Lipinski definition) is 7. The number of carbonyl (C=O) groups excluding carboxylic acids is 1. The molecule has 0 saturated heterocycles. The van der Waals surface area contributed by atoms with Gasteiger partial charge in [0.1, 0.15) is 5.75 Å². The second-order valence-corrected chi connectivity index (χ2v) is 10.3. The van der Waals surface area contributed by atoms with Gasteiger partial charge in [-0.1, -0.05) is 19.1 Å². The Hall–Kier alpha value is -3.95. The summed E-state index contributed by atoms with van der Waals surface area (Å²) in [7, 11) is 1.58. The van der Waals surface area contributed by atoms with E-state index in [9.17, 15) is 4.79 Å². The molecule has 2 amide bonds. The zero-order valence-electron chi connectivity index (χ0n) is 23.4. The first-order valence-corrected chi connectivity index (χ1v) is 13.5. The van der Waals surface area contributed by atoms with Gasteiger partial charge in [0, 0.05) is 25.0 Å². The number of methoxy groups -OCH3 is 1. The van der Waals surface area contributed by atoms with Crippen LogP contribution in [-0.4, -0.2) is 61.8 Å². The van der Waals surface area contributed by atoms with Crippen LogP contribution >= 0.6 is 0 Å². The van der Waals surface area contributed by atoms with Crippen LogP contribution in [0.5, 0.6) is 11.6 Å². The standard InChI is InChI=1S/C29H39N7O3/c1-7-10-16-39-27-26-30-14-15-36(26)34-25(33-27)22-17-23(31-19-24(22)38-6)20(4)35(9-3)28(37)32-21(11-8-2)18-29(5)12-13-29/h7-8,14-15,17,19-21H,1-2,9-13,16,18H2,3-6H3,(H,32,37)/t20-,21?/m1/s1. The molecule has 3 heterocycles. The molecule has 0 bridgehead atoms. The predicted octanol–water partition coefficient (Wildman–Crippen LogP) is 5.38. The van der Waals surface area contributed by atoms with Crippen molar-refractivity contribution in [2.45, 2.75) is 65.0 Å². The normalized spacial score (nSPS) is 15.3. The summed E-state index contributed by atoms with van der Waals surface area (Å²) in [4.78, 5) is 28.8. The summed E-state index contributed by atoms with van der Waals surface area (Å²) in [5, 5.41) is 7.87. The van der Waals surface area contributed by atoms with Gasteiger partial charge in [-0.15, -0.1) is 18.3 Å². The number of nitrogens with zero attached hydrogens (tertiary/aromatic N) is 6. The third-order valence-electron chi connectivity index (χ3n) is 7.25. The van der Waals surface area contributed by atoms with E-state index in [1.807, 2.05) is 26.0 Å². The molecule has 0 aliphatic heterocycles. The van der Waals surface area contributed by atoms with Crippen molar-refractivity contribution in [3.05, 3.63) is 55.7 Å². The monoisotopic (exact) mass is 533 g/mol. The number of ether oxygens (including phenoxy) is 2. The van der Waals surface area contributed by atoms with E-state index in [4.69, 9.17) is 9.47 Å². The van der Waals surface area contributed by atoms with Crippen molar-refractivity contribution in [3.63, 3.8) is 0 Å². The van der Waals surface area contributed by atoms with Crippen LogP contribution in [0.3, 0.4) is 0 Å². The number of aromatic nitrogens is 5. The molecule has 0 aromatic carbocycles. The molecule has 3 aromatic rings. The van der Waals surface area contributed by atoms with Crippen molar-refractivity contribution in [1.29, 1.82) is 0 Å². The average molecular weight is 534 g/mol. The quantitative estimate of drug-likeness (QED) is 0.219. The fourth-order valence-corrected chi connectivity index (χ4v) is 4.69. The first-order chi connectivity index (χ1) is 18.8. The van der Waals surface area contributed by atoms with E-state index in [-0.39, 0.29) is 18.1 Å². The zero-order valence-corrected chi connectivity index (χ0v) is 23.4. The number of hydrogen-bond donors (Lipinski definition) is 1. The lowest BCUT2D eigenvalue weighted by Crippen LogP contribution is -2.46. The summed E-state index contributed by atoms with van der Waals surface area (Å²) in [5.41, 5.74) is 2.18. The van der Waals surface area contributed by atoms with E-state index in [1.165, 1.54) is 12.8 Å². The highest BCUT2D eigenvalue weighted by Crippen LogP contribution is 2.49.